The van der Waals surface area contributed by atoms with Crippen molar-refractivity contribution in [1.29, 1.82) is 0 Å². The summed E-state index contributed by atoms with van der Waals surface area (Å²) in [6, 6.07) is 9.75. The molecule has 5 heterocycles. The van der Waals surface area contributed by atoms with E-state index in [2.05, 4.69) is 138 Å². The Hall–Kier alpha value is -1.59. The van der Waals surface area contributed by atoms with Gasteiger partial charge in [-0.15, -0.1) is 0 Å². The molecule has 13 heteroatoms. The van der Waals surface area contributed by atoms with Gasteiger partial charge in [0, 0.05) is 36.9 Å². The molecule has 67 heavy (non-hydrogen) atoms. The van der Waals surface area contributed by atoms with Crippen LogP contribution in [0.3, 0.4) is 0 Å². The number of hydrogen-bond donors (Lipinski definition) is 1. The van der Waals surface area contributed by atoms with Gasteiger partial charge in [0.25, 0.3) is 0 Å². The molecule has 11 unspecified atom stereocenters. The number of esters is 1. The fraction of sp³-hybridized carbons (Fsp3) is 0.852. The Kier molecular flexibility index (Phi) is 23.1. The maximum absolute atomic E-state index is 14.1. The van der Waals surface area contributed by atoms with E-state index in [9.17, 15) is 9.59 Å². The normalized spacial score (nSPS) is 31.3. The van der Waals surface area contributed by atoms with Gasteiger partial charge in [0.1, 0.15) is 12.2 Å². The number of amides is 1. The van der Waals surface area contributed by atoms with Crippen LogP contribution >= 0.6 is 0 Å². The van der Waals surface area contributed by atoms with Gasteiger partial charge in [-0.05, 0) is 137 Å². The SMILES string of the molecule is CCC(O[Si](CC)(CC)CC)C(C)C1OC1CC(C)(/C=C/C=C(\C)C1OC(=O)CC(O[Si](CC)(CC)CC)CCC(C)C(OC(=O)NC2CN3CCC2CC3)/C=C/C1C)O[Si](CC)(CC)CC. The Labute approximate surface area is 413 Å². The van der Waals surface area contributed by atoms with Crippen LogP contribution in [0.4, 0.5) is 4.79 Å². The first kappa shape index (κ1) is 58.0. The molecule has 0 aromatic carbocycles. The molecular weight excluding hydrogens is 889 g/mol. The molecular formula is C54H100N2O8Si3. The third-order valence-corrected chi connectivity index (χ3v) is 31.6. The predicted molar refractivity (Wildman–Crippen MR) is 284 cm³/mol. The highest BCUT2D eigenvalue weighted by Crippen LogP contribution is 2.43. The van der Waals surface area contributed by atoms with Crippen molar-refractivity contribution in [2.24, 2.45) is 23.7 Å². The van der Waals surface area contributed by atoms with Crippen LogP contribution < -0.4 is 5.32 Å². The van der Waals surface area contributed by atoms with Crippen LogP contribution in [0, 0.1) is 23.7 Å². The zero-order valence-electron chi connectivity index (χ0n) is 45.4. The van der Waals surface area contributed by atoms with Crippen molar-refractivity contribution < 1.29 is 37.1 Å². The van der Waals surface area contributed by atoms with Crippen LogP contribution in [0.25, 0.3) is 0 Å². The number of allylic oxidation sites excluding steroid dienone is 2. The van der Waals surface area contributed by atoms with Gasteiger partial charge in [-0.25, -0.2) is 4.79 Å². The molecule has 5 rings (SSSR count). The van der Waals surface area contributed by atoms with Crippen LogP contribution in [0.2, 0.25) is 54.4 Å². The van der Waals surface area contributed by atoms with Crippen LogP contribution in [-0.4, -0.2) is 110 Å². The second-order valence-electron chi connectivity index (χ2n) is 21.6. The van der Waals surface area contributed by atoms with E-state index in [1.807, 2.05) is 6.08 Å². The Morgan fingerprint density at radius 1 is 0.866 bits per heavy atom. The van der Waals surface area contributed by atoms with Crippen molar-refractivity contribution in [3.8, 4) is 0 Å². The molecule has 1 amide bonds. The quantitative estimate of drug-likeness (QED) is 0.0314. The van der Waals surface area contributed by atoms with Crippen LogP contribution in [0.5, 0.6) is 0 Å². The molecule has 0 aromatic heterocycles. The molecule has 0 saturated carbocycles. The van der Waals surface area contributed by atoms with Gasteiger partial charge < -0.3 is 37.7 Å². The molecule has 10 nitrogen and oxygen atoms in total. The average Bonchev–Trinajstić information content (AvgIpc) is 4.10. The third-order valence-electron chi connectivity index (χ3n) is 17.5. The molecule has 0 radical (unpaired) electrons. The summed E-state index contributed by atoms with van der Waals surface area (Å²) in [4.78, 5) is 30.2. The molecule has 386 valence electrons. The number of rotatable bonds is 25. The molecule has 2 bridgehead atoms. The van der Waals surface area contributed by atoms with Crippen LogP contribution in [0.1, 0.15) is 149 Å². The summed E-state index contributed by atoms with van der Waals surface area (Å²) in [5.41, 5.74) is 0.409. The van der Waals surface area contributed by atoms with Crippen molar-refractivity contribution in [3.63, 3.8) is 0 Å². The minimum absolute atomic E-state index is 0.0295. The van der Waals surface area contributed by atoms with Crippen LogP contribution in [0.15, 0.2) is 36.0 Å². The number of fused-ring (bicyclic) bond motifs is 3. The van der Waals surface area contributed by atoms with Gasteiger partial charge in [0.15, 0.2) is 25.0 Å². The lowest BCUT2D eigenvalue weighted by atomic mass is 9.84. The minimum atomic E-state index is -2.04. The molecule has 5 aliphatic rings. The second-order valence-corrected chi connectivity index (χ2v) is 35.7. The van der Waals surface area contributed by atoms with Crippen molar-refractivity contribution in [1.82, 2.24) is 10.2 Å². The number of nitrogens with zero attached hydrogens (tertiary/aromatic N) is 1. The summed E-state index contributed by atoms with van der Waals surface area (Å²) in [7, 11) is -5.83. The van der Waals surface area contributed by atoms with E-state index in [0.717, 1.165) is 112 Å². The summed E-state index contributed by atoms with van der Waals surface area (Å²) < 4.78 is 40.9. The highest BCUT2D eigenvalue weighted by molar-refractivity contribution is 6.74. The van der Waals surface area contributed by atoms with Gasteiger partial charge in [0.2, 0.25) is 0 Å². The minimum Gasteiger partial charge on any atom is -0.457 e. The first-order chi connectivity index (χ1) is 31.9. The topological polar surface area (TPSA) is 108 Å². The lowest BCUT2D eigenvalue weighted by Gasteiger charge is -2.44. The van der Waals surface area contributed by atoms with E-state index in [-0.39, 0.29) is 60.8 Å². The van der Waals surface area contributed by atoms with E-state index in [1.54, 1.807) is 0 Å². The number of carbonyl (C=O) groups is 2. The summed E-state index contributed by atoms with van der Waals surface area (Å²) in [5.74, 6) is 0.431. The van der Waals surface area contributed by atoms with E-state index < -0.39 is 42.8 Å². The highest BCUT2D eigenvalue weighted by Gasteiger charge is 2.51. The average molecular weight is 990 g/mol. The maximum atomic E-state index is 14.1. The smallest absolute Gasteiger partial charge is 0.408 e. The second kappa shape index (κ2) is 26.7. The monoisotopic (exact) mass is 989 g/mol. The largest absolute Gasteiger partial charge is 0.457 e. The van der Waals surface area contributed by atoms with Crippen molar-refractivity contribution in [3.05, 3.63) is 36.0 Å². The van der Waals surface area contributed by atoms with Crippen molar-refractivity contribution >= 4 is 37.0 Å². The Balaban J connectivity index is 1.62. The van der Waals surface area contributed by atoms with Gasteiger partial charge in [-0.1, -0.05) is 114 Å². The maximum Gasteiger partial charge on any atom is 0.408 e. The van der Waals surface area contributed by atoms with Crippen molar-refractivity contribution in [2.75, 3.05) is 19.6 Å². The van der Waals surface area contributed by atoms with E-state index >= 15 is 0 Å². The number of nitrogens with one attached hydrogen (secondary N) is 1. The number of piperidine rings is 3. The first-order valence-corrected chi connectivity index (χ1v) is 35.1. The lowest BCUT2D eigenvalue weighted by molar-refractivity contribution is -0.150. The summed E-state index contributed by atoms with van der Waals surface area (Å²) in [6.45, 7) is 36.8. The Morgan fingerprint density at radius 2 is 1.46 bits per heavy atom. The number of alkyl carbamates (subject to hydrolysis) is 1. The standard InChI is InChI=1S/C54H100N2O8Si3/c1-16-47(63-66(20-5,21-6)22-7)43(14)52-49(59-52)38-54(15,64-67(23-8,24-9)25-10)34-26-27-41(12)51-42(13)29-31-48(60-53(58)55-46-39-56-35-32-44(46)33-36-56)40(11)28-30-45(37-50(57)61-51)62-65(17-2,18-3)19-4/h26-27,29,31,34,40,42-49,51-52H,16-25,28,30,32-33,35-39H2,1-15H3,(H,55,58)/b31-29+,34-26+,41-27+. The summed E-state index contributed by atoms with van der Waals surface area (Å²) in [5, 5.41) is 3.26. The number of cyclic esters (lactones) is 1. The van der Waals surface area contributed by atoms with Gasteiger partial charge in [-0.3, -0.25) is 4.79 Å². The number of epoxide rings is 1. The molecule has 0 spiro atoms. The summed E-state index contributed by atoms with van der Waals surface area (Å²) >= 11 is 0. The van der Waals surface area contributed by atoms with Gasteiger partial charge in [0.05, 0.1) is 30.3 Å². The number of carbonyl (C=O) groups excluding carboxylic acids is 2. The highest BCUT2D eigenvalue weighted by atomic mass is 28.4. The van der Waals surface area contributed by atoms with E-state index in [4.69, 9.17) is 27.5 Å². The van der Waals surface area contributed by atoms with Crippen molar-refractivity contribution in [2.45, 2.75) is 251 Å². The zero-order valence-corrected chi connectivity index (χ0v) is 48.4. The predicted octanol–water partition coefficient (Wildman–Crippen LogP) is 13.4. The molecule has 0 aliphatic carbocycles. The number of ether oxygens (including phenoxy) is 3. The Morgan fingerprint density at radius 3 is 2.00 bits per heavy atom. The molecule has 4 fully saturated rings. The third kappa shape index (κ3) is 16.0. The molecule has 11 atom stereocenters. The number of hydrogen-bond acceptors (Lipinski definition) is 9. The molecule has 5 aliphatic heterocycles. The summed E-state index contributed by atoms with van der Waals surface area (Å²) in [6.07, 6.45) is 15.2. The first-order valence-electron chi connectivity index (χ1n) is 27.5. The lowest BCUT2D eigenvalue weighted by Crippen LogP contribution is -2.57. The molecule has 1 N–H and O–H groups in total. The Bertz CT molecular complexity index is 1580. The molecule has 0 aromatic rings. The van der Waals surface area contributed by atoms with Gasteiger partial charge >= 0.3 is 12.1 Å². The van der Waals surface area contributed by atoms with Gasteiger partial charge in [-0.2, -0.15) is 0 Å². The fourth-order valence-corrected chi connectivity index (χ4v) is 20.7. The van der Waals surface area contributed by atoms with Crippen LogP contribution in [-0.2, 0) is 32.3 Å². The van der Waals surface area contributed by atoms with E-state index in [0.29, 0.717) is 18.3 Å². The zero-order chi connectivity index (χ0) is 49.6. The van der Waals surface area contributed by atoms with E-state index in [1.165, 1.54) is 0 Å². The molecule has 4 saturated heterocycles. The fourth-order valence-electron chi connectivity index (χ4n) is 11.7.